The van der Waals surface area contributed by atoms with E-state index >= 15 is 0 Å². The Hall–Kier alpha value is -3.81. The Morgan fingerprint density at radius 3 is 2.82 bits per heavy atom. The van der Waals surface area contributed by atoms with Crippen molar-refractivity contribution in [3.63, 3.8) is 0 Å². The van der Waals surface area contributed by atoms with E-state index in [1.54, 1.807) is 42.3 Å². The van der Waals surface area contributed by atoms with Gasteiger partial charge in [0.15, 0.2) is 5.82 Å². The quantitative estimate of drug-likeness (QED) is 0.577. The van der Waals surface area contributed by atoms with Crippen molar-refractivity contribution in [1.82, 2.24) is 30.0 Å². The van der Waals surface area contributed by atoms with Crippen molar-refractivity contribution in [2.75, 3.05) is 0 Å². The van der Waals surface area contributed by atoms with Gasteiger partial charge in [0.05, 0.1) is 0 Å². The summed E-state index contributed by atoms with van der Waals surface area (Å²) in [6.45, 7) is 4.22. The fourth-order valence-electron chi connectivity index (χ4n) is 2.75. The van der Waals surface area contributed by atoms with Crippen LogP contribution in [-0.2, 0) is 6.54 Å². The van der Waals surface area contributed by atoms with Crippen molar-refractivity contribution in [2.24, 2.45) is 0 Å². The predicted molar refractivity (Wildman–Crippen MR) is 102 cm³/mol. The lowest BCUT2D eigenvalue weighted by molar-refractivity contribution is 0.0946. The number of hydrogen-bond acceptors (Lipinski definition) is 6. The molecule has 0 saturated heterocycles. The van der Waals surface area contributed by atoms with E-state index in [2.05, 4.69) is 25.4 Å². The molecule has 4 aromatic rings. The zero-order valence-electron chi connectivity index (χ0n) is 15.5. The monoisotopic (exact) mass is 374 g/mol. The van der Waals surface area contributed by atoms with Gasteiger partial charge in [-0.05, 0) is 37.1 Å². The molecule has 0 unspecified atom stereocenters. The van der Waals surface area contributed by atoms with Crippen molar-refractivity contribution >= 4 is 5.91 Å². The van der Waals surface area contributed by atoms with Gasteiger partial charge in [0.2, 0.25) is 0 Å². The third kappa shape index (κ3) is 3.66. The maximum atomic E-state index is 12.4. The van der Waals surface area contributed by atoms with E-state index in [-0.39, 0.29) is 5.91 Å². The Kier molecular flexibility index (Phi) is 4.67. The van der Waals surface area contributed by atoms with Crippen LogP contribution < -0.4 is 5.32 Å². The van der Waals surface area contributed by atoms with Crippen molar-refractivity contribution in [2.45, 2.75) is 20.4 Å². The maximum Gasteiger partial charge on any atom is 0.271 e. The minimum absolute atomic E-state index is 0.245. The van der Waals surface area contributed by atoms with Crippen molar-refractivity contribution in [3.05, 3.63) is 77.8 Å². The molecule has 1 amide bonds. The van der Waals surface area contributed by atoms with E-state index in [1.807, 2.05) is 31.2 Å². The fourth-order valence-corrected chi connectivity index (χ4v) is 2.75. The molecule has 4 rings (SSSR count). The summed E-state index contributed by atoms with van der Waals surface area (Å²) in [4.78, 5) is 25.2. The predicted octanol–water partition coefficient (Wildman–Crippen LogP) is 2.86. The molecular formula is C20H18N6O2. The molecule has 8 nitrogen and oxygen atoms in total. The van der Waals surface area contributed by atoms with Gasteiger partial charge in [-0.1, -0.05) is 29.4 Å². The number of nitrogens with one attached hydrogen (secondary N) is 1. The summed E-state index contributed by atoms with van der Waals surface area (Å²) in [5.41, 5.74) is 3.25. The third-order valence-electron chi connectivity index (χ3n) is 4.30. The number of hydrogen-bond donors (Lipinski definition) is 1. The summed E-state index contributed by atoms with van der Waals surface area (Å²) in [5.74, 6) is 1.32. The summed E-state index contributed by atoms with van der Waals surface area (Å²) >= 11 is 0. The van der Waals surface area contributed by atoms with Gasteiger partial charge in [-0.3, -0.25) is 9.36 Å². The summed E-state index contributed by atoms with van der Waals surface area (Å²) < 4.78 is 6.87. The standard InChI is InChI=1S/C20H18N6O2/c1-13-5-3-4-6-16(13)10-22-19(27)17-11-26(12-23-17)18-9-15(7-8-21-18)20-24-14(2)25-28-20/h3-9,11-12H,10H2,1-2H3,(H,22,27). The van der Waals surface area contributed by atoms with Crippen LogP contribution in [-0.4, -0.2) is 30.6 Å². The van der Waals surface area contributed by atoms with E-state index in [4.69, 9.17) is 4.52 Å². The van der Waals surface area contributed by atoms with Crippen LogP contribution in [0.2, 0.25) is 0 Å². The average molecular weight is 374 g/mol. The van der Waals surface area contributed by atoms with Crippen molar-refractivity contribution in [1.29, 1.82) is 0 Å². The number of amides is 1. The highest BCUT2D eigenvalue weighted by Crippen LogP contribution is 2.19. The summed E-state index contributed by atoms with van der Waals surface area (Å²) in [6, 6.07) is 11.5. The lowest BCUT2D eigenvalue weighted by Gasteiger charge is -2.06. The second-order valence-corrected chi connectivity index (χ2v) is 6.32. The second-order valence-electron chi connectivity index (χ2n) is 6.32. The number of aryl methyl sites for hydroxylation is 2. The number of benzene rings is 1. The Labute approximate surface area is 161 Å². The number of imidazole rings is 1. The van der Waals surface area contributed by atoms with Gasteiger partial charge in [0, 0.05) is 24.5 Å². The molecule has 0 aliphatic heterocycles. The lowest BCUT2D eigenvalue weighted by atomic mass is 10.1. The highest BCUT2D eigenvalue weighted by Gasteiger charge is 2.12. The van der Waals surface area contributed by atoms with Crippen LogP contribution in [0, 0.1) is 13.8 Å². The normalized spacial score (nSPS) is 10.8. The van der Waals surface area contributed by atoms with Crippen molar-refractivity contribution < 1.29 is 9.32 Å². The summed E-state index contributed by atoms with van der Waals surface area (Å²) in [7, 11) is 0. The minimum Gasteiger partial charge on any atom is -0.347 e. The molecule has 8 heteroatoms. The van der Waals surface area contributed by atoms with Gasteiger partial charge in [-0.2, -0.15) is 4.98 Å². The van der Waals surface area contributed by atoms with E-state index in [0.29, 0.717) is 29.8 Å². The first kappa shape index (κ1) is 17.6. The molecule has 0 radical (unpaired) electrons. The van der Waals surface area contributed by atoms with Gasteiger partial charge in [-0.15, -0.1) is 0 Å². The Morgan fingerprint density at radius 1 is 1.18 bits per heavy atom. The molecule has 0 aliphatic rings. The summed E-state index contributed by atoms with van der Waals surface area (Å²) in [6.07, 6.45) is 4.83. The molecule has 3 aromatic heterocycles. The molecular weight excluding hydrogens is 356 g/mol. The van der Waals surface area contributed by atoms with Crippen LogP contribution in [0.25, 0.3) is 17.3 Å². The van der Waals surface area contributed by atoms with Crippen LogP contribution in [0.3, 0.4) is 0 Å². The first-order chi connectivity index (χ1) is 13.6. The fraction of sp³-hybridized carbons (Fsp3) is 0.150. The summed E-state index contributed by atoms with van der Waals surface area (Å²) in [5, 5.41) is 6.69. The minimum atomic E-state index is -0.245. The molecule has 0 spiro atoms. The van der Waals surface area contributed by atoms with E-state index in [1.165, 1.54) is 0 Å². The second kappa shape index (κ2) is 7.43. The number of carbonyl (C=O) groups excluding carboxylic acids is 1. The maximum absolute atomic E-state index is 12.4. The Bertz CT molecular complexity index is 1130. The third-order valence-corrected chi connectivity index (χ3v) is 4.30. The molecule has 1 aromatic carbocycles. The van der Waals surface area contributed by atoms with Crippen LogP contribution >= 0.6 is 0 Å². The van der Waals surface area contributed by atoms with Gasteiger partial charge < -0.3 is 9.84 Å². The number of nitrogens with zero attached hydrogens (tertiary/aromatic N) is 5. The Morgan fingerprint density at radius 2 is 2.04 bits per heavy atom. The number of carbonyl (C=O) groups is 1. The zero-order valence-corrected chi connectivity index (χ0v) is 15.5. The van der Waals surface area contributed by atoms with Crippen LogP contribution in [0.1, 0.15) is 27.4 Å². The van der Waals surface area contributed by atoms with E-state index in [9.17, 15) is 4.79 Å². The molecule has 28 heavy (non-hydrogen) atoms. The van der Waals surface area contributed by atoms with Gasteiger partial charge >= 0.3 is 0 Å². The van der Waals surface area contributed by atoms with Gasteiger partial charge in [-0.25, -0.2) is 9.97 Å². The average Bonchev–Trinajstić information content (AvgIpc) is 3.37. The first-order valence-corrected chi connectivity index (χ1v) is 8.74. The number of pyridine rings is 1. The van der Waals surface area contributed by atoms with Crippen LogP contribution in [0.15, 0.2) is 59.6 Å². The SMILES string of the molecule is Cc1noc(-c2ccnc(-n3cnc(C(=O)NCc4ccccc4C)c3)c2)n1. The van der Waals surface area contributed by atoms with Crippen LogP contribution in [0.4, 0.5) is 0 Å². The first-order valence-electron chi connectivity index (χ1n) is 8.74. The van der Waals surface area contributed by atoms with E-state index in [0.717, 1.165) is 16.7 Å². The molecule has 1 N–H and O–H groups in total. The molecule has 0 bridgehead atoms. The molecule has 0 fully saturated rings. The zero-order chi connectivity index (χ0) is 19.5. The molecule has 0 aliphatic carbocycles. The molecule has 0 saturated carbocycles. The smallest absolute Gasteiger partial charge is 0.271 e. The highest BCUT2D eigenvalue weighted by molar-refractivity contribution is 5.92. The van der Waals surface area contributed by atoms with E-state index < -0.39 is 0 Å². The molecule has 140 valence electrons. The molecule has 3 heterocycles. The van der Waals surface area contributed by atoms with Gasteiger partial charge in [0.25, 0.3) is 11.8 Å². The molecule has 0 atom stereocenters. The number of rotatable bonds is 5. The van der Waals surface area contributed by atoms with Crippen LogP contribution in [0.5, 0.6) is 0 Å². The largest absolute Gasteiger partial charge is 0.347 e. The number of aromatic nitrogens is 5. The Balaban J connectivity index is 1.50. The topological polar surface area (TPSA) is 98.7 Å². The lowest BCUT2D eigenvalue weighted by Crippen LogP contribution is -2.23. The van der Waals surface area contributed by atoms with Gasteiger partial charge in [0.1, 0.15) is 17.8 Å². The highest BCUT2D eigenvalue weighted by atomic mass is 16.5. The van der Waals surface area contributed by atoms with Crippen molar-refractivity contribution in [3.8, 4) is 17.3 Å².